The Morgan fingerprint density at radius 1 is 1.00 bits per heavy atom. The van der Waals surface area contributed by atoms with Gasteiger partial charge < -0.3 is 10.6 Å². The Labute approximate surface area is 180 Å². The summed E-state index contributed by atoms with van der Waals surface area (Å²) < 4.78 is 27.7. The molecule has 162 valence electrons. The lowest BCUT2D eigenvalue weighted by Crippen LogP contribution is -2.13. The summed E-state index contributed by atoms with van der Waals surface area (Å²) in [6.07, 6.45) is 0. The summed E-state index contributed by atoms with van der Waals surface area (Å²) in [6, 6.07) is 12.1. The van der Waals surface area contributed by atoms with E-state index in [1.165, 1.54) is 12.1 Å². The van der Waals surface area contributed by atoms with Gasteiger partial charge in [-0.25, -0.2) is 13.4 Å². The molecule has 11 heteroatoms. The van der Waals surface area contributed by atoms with E-state index in [1.54, 1.807) is 31.2 Å². The predicted molar refractivity (Wildman–Crippen MR) is 119 cm³/mol. The van der Waals surface area contributed by atoms with Crippen LogP contribution in [-0.2, 0) is 10.0 Å². The van der Waals surface area contributed by atoms with Crippen molar-refractivity contribution in [1.82, 2.24) is 9.97 Å². The van der Waals surface area contributed by atoms with E-state index in [1.807, 2.05) is 19.9 Å². The lowest BCUT2D eigenvalue weighted by molar-refractivity contribution is -0.385. The largest absolute Gasteiger partial charge is 0.370 e. The molecule has 0 saturated carbocycles. The Kier molecular flexibility index (Phi) is 6.35. The third-order valence-electron chi connectivity index (χ3n) is 4.29. The average molecular weight is 443 g/mol. The summed E-state index contributed by atoms with van der Waals surface area (Å²) in [5.74, 6) is 1.12. The highest BCUT2D eigenvalue weighted by Gasteiger charge is 2.20. The lowest BCUT2D eigenvalue weighted by Gasteiger charge is -2.11. The van der Waals surface area contributed by atoms with Crippen molar-refractivity contribution in [3.63, 3.8) is 0 Å². The van der Waals surface area contributed by atoms with Crippen LogP contribution in [0.25, 0.3) is 0 Å². The monoisotopic (exact) mass is 442 g/mol. The molecule has 2 aromatic carbocycles. The van der Waals surface area contributed by atoms with Gasteiger partial charge in [-0.15, -0.1) is 0 Å². The van der Waals surface area contributed by atoms with Crippen molar-refractivity contribution >= 4 is 38.9 Å². The first-order valence-electron chi connectivity index (χ1n) is 9.42. The van der Waals surface area contributed by atoms with E-state index in [0.717, 1.165) is 18.3 Å². The number of benzene rings is 2. The van der Waals surface area contributed by atoms with Crippen LogP contribution >= 0.6 is 0 Å². The molecule has 0 aliphatic rings. The van der Waals surface area contributed by atoms with Crippen molar-refractivity contribution in [2.24, 2.45) is 0 Å². The van der Waals surface area contributed by atoms with Gasteiger partial charge in [-0.05, 0) is 51.1 Å². The molecule has 0 bridgehead atoms. The minimum atomic E-state index is -3.98. The summed E-state index contributed by atoms with van der Waals surface area (Å²) in [7, 11) is -3.98. The number of anilines is 4. The van der Waals surface area contributed by atoms with Crippen LogP contribution in [0.5, 0.6) is 0 Å². The molecule has 0 saturated heterocycles. The third-order valence-corrected chi connectivity index (χ3v) is 5.67. The fourth-order valence-corrected chi connectivity index (χ4v) is 3.89. The predicted octanol–water partition coefficient (Wildman–Crippen LogP) is 3.98. The van der Waals surface area contributed by atoms with Gasteiger partial charge in [0.05, 0.1) is 9.82 Å². The second kappa shape index (κ2) is 8.96. The van der Waals surface area contributed by atoms with Crippen LogP contribution in [0.15, 0.2) is 53.4 Å². The Hall–Kier alpha value is -3.73. The van der Waals surface area contributed by atoms with Gasteiger partial charge in [0, 0.05) is 41.3 Å². The summed E-state index contributed by atoms with van der Waals surface area (Å²) >= 11 is 0. The number of aromatic nitrogens is 2. The van der Waals surface area contributed by atoms with Crippen LogP contribution in [0.4, 0.5) is 28.8 Å². The fraction of sp³-hybridized carbons (Fsp3) is 0.200. The second-order valence-electron chi connectivity index (χ2n) is 6.76. The molecule has 0 radical (unpaired) electrons. The van der Waals surface area contributed by atoms with Gasteiger partial charge in [0.25, 0.3) is 15.7 Å². The van der Waals surface area contributed by atoms with Crippen LogP contribution in [0.1, 0.15) is 18.2 Å². The number of sulfonamides is 1. The molecule has 0 aliphatic carbocycles. The van der Waals surface area contributed by atoms with Gasteiger partial charge in [-0.1, -0.05) is 6.07 Å². The van der Waals surface area contributed by atoms with Crippen LogP contribution in [0, 0.1) is 24.0 Å². The van der Waals surface area contributed by atoms with Gasteiger partial charge in [-0.3, -0.25) is 14.8 Å². The Morgan fingerprint density at radius 3 is 2.32 bits per heavy atom. The third kappa shape index (κ3) is 5.45. The molecule has 1 aromatic heterocycles. The molecule has 0 spiro atoms. The molecule has 31 heavy (non-hydrogen) atoms. The lowest BCUT2D eigenvalue weighted by atomic mass is 10.2. The maximum absolute atomic E-state index is 12.6. The standard InChI is InChI=1S/C20H22N6O4S/c1-4-21-19-11-14(3)22-20(24-19)23-15-6-8-16(9-7-15)25-31(29,30)17-10-5-13(2)18(12-17)26(27)28/h5-12,25H,4H2,1-3H3,(H2,21,22,23,24). The molecule has 0 fully saturated rings. The maximum atomic E-state index is 12.6. The molecule has 0 atom stereocenters. The number of nitrogens with zero attached hydrogens (tertiary/aromatic N) is 3. The Balaban J connectivity index is 1.76. The highest BCUT2D eigenvalue weighted by molar-refractivity contribution is 7.92. The van der Waals surface area contributed by atoms with Gasteiger partial charge >= 0.3 is 0 Å². The molecule has 0 unspecified atom stereocenters. The van der Waals surface area contributed by atoms with E-state index in [0.29, 0.717) is 28.7 Å². The summed E-state index contributed by atoms with van der Waals surface area (Å²) in [6.45, 7) is 6.11. The van der Waals surface area contributed by atoms with Crippen molar-refractivity contribution in [2.75, 3.05) is 21.9 Å². The van der Waals surface area contributed by atoms with Crippen LogP contribution < -0.4 is 15.4 Å². The van der Waals surface area contributed by atoms with Crippen LogP contribution in [-0.4, -0.2) is 29.9 Å². The molecule has 0 amide bonds. The van der Waals surface area contributed by atoms with Crippen molar-refractivity contribution < 1.29 is 13.3 Å². The van der Waals surface area contributed by atoms with E-state index in [-0.39, 0.29) is 10.6 Å². The summed E-state index contributed by atoms with van der Waals surface area (Å²) in [4.78, 5) is 19.0. The number of hydrogen-bond acceptors (Lipinski definition) is 8. The van der Waals surface area contributed by atoms with E-state index in [2.05, 4.69) is 25.3 Å². The van der Waals surface area contributed by atoms with Crippen LogP contribution in [0.3, 0.4) is 0 Å². The SMILES string of the molecule is CCNc1cc(C)nc(Nc2ccc(NS(=O)(=O)c3ccc(C)c([N+](=O)[O-])c3)cc2)n1. The first-order chi connectivity index (χ1) is 14.7. The summed E-state index contributed by atoms with van der Waals surface area (Å²) in [5, 5.41) is 17.3. The van der Waals surface area contributed by atoms with E-state index in [4.69, 9.17) is 0 Å². The van der Waals surface area contributed by atoms with E-state index >= 15 is 0 Å². The van der Waals surface area contributed by atoms with Gasteiger partial charge in [0.15, 0.2) is 0 Å². The summed E-state index contributed by atoms with van der Waals surface area (Å²) in [5.41, 5.74) is 1.91. The van der Waals surface area contributed by atoms with Crippen molar-refractivity contribution in [1.29, 1.82) is 0 Å². The zero-order valence-electron chi connectivity index (χ0n) is 17.2. The number of nitro benzene ring substituents is 1. The van der Waals surface area contributed by atoms with Crippen molar-refractivity contribution in [2.45, 2.75) is 25.7 Å². The number of hydrogen-bond donors (Lipinski definition) is 3. The topological polar surface area (TPSA) is 139 Å². The second-order valence-corrected chi connectivity index (χ2v) is 8.44. The first kappa shape index (κ1) is 22.0. The van der Waals surface area contributed by atoms with Gasteiger partial charge in [-0.2, -0.15) is 4.98 Å². The Bertz CT molecular complexity index is 1210. The molecule has 0 aliphatic heterocycles. The highest BCUT2D eigenvalue weighted by atomic mass is 32.2. The molecular weight excluding hydrogens is 420 g/mol. The average Bonchev–Trinajstić information content (AvgIpc) is 2.69. The zero-order chi connectivity index (χ0) is 22.6. The number of aryl methyl sites for hydroxylation is 2. The minimum absolute atomic E-state index is 0.184. The zero-order valence-corrected chi connectivity index (χ0v) is 18.0. The molecule has 3 aromatic rings. The normalized spacial score (nSPS) is 11.1. The van der Waals surface area contributed by atoms with E-state index in [9.17, 15) is 18.5 Å². The van der Waals surface area contributed by atoms with Crippen molar-refractivity contribution in [3.8, 4) is 0 Å². The van der Waals surface area contributed by atoms with Crippen LogP contribution in [0.2, 0.25) is 0 Å². The van der Waals surface area contributed by atoms with Gasteiger partial charge in [0.2, 0.25) is 5.95 Å². The number of nitro groups is 1. The fourth-order valence-electron chi connectivity index (χ4n) is 2.81. The highest BCUT2D eigenvalue weighted by Crippen LogP contribution is 2.25. The molecule has 3 N–H and O–H groups in total. The first-order valence-corrected chi connectivity index (χ1v) is 10.9. The molecule has 1 heterocycles. The number of nitrogens with one attached hydrogen (secondary N) is 3. The Morgan fingerprint density at radius 2 is 1.68 bits per heavy atom. The van der Waals surface area contributed by atoms with E-state index < -0.39 is 14.9 Å². The quantitative estimate of drug-likeness (QED) is 0.352. The minimum Gasteiger partial charge on any atom is -0.370 e. The van der Waals surface area contributed by atoms with Crippen molar-refractivity contribution in [3.05, 3.63) is 69.9 Å². The smallest absolute Gasteiger partial charge is 0.273 e. The molecular formula is C20H22N6O4S. The number of rotatable bonds is 8. The maximum Gasteiger partial charge on any atom is 0.273 e. The van der Waals surface area contributed by atoms with Gasteiger partial charge in [0.1, 0.15) is 5.82 Å². The molecule has 10 nitrogen and oxygen atoms in total. The molecule has 3 rings (SSSR count).